The summed E-state index contributed by atoms with van der Waals surface area (Å²) >= 11 is 2.43. The molecule has 1 rings (SSSR count). The number of carbonyl (C=O) groups is 2. The van der Waals surface area contributed by atoms with E-state index < -0.39 is 0 Å². The molecular weight excluding hydrogens is 276 g/mol. The SMILES string of the molecule is COC(=O)CSc1ccnc(SCC(=O)OC)n1. The number of esters is 2. The summed E-state index contributed by atoms with van der Waals surface area (Å²) in [5.74, 6) is -0.311. The molecular formula is C10H12N2O4S2. The van der Waals surface area contributed by atoms with Crippen LogP contribution in [-0.2, 0) is 19.1 Å². The van der Waals surface area contributed by atoms with Gasteiger partial charge in [0.1, 0.15) is 5.03 Å². The number of carbonyl (C=O) groups excluding carboxylic acids is 2. The molecule has 0 atom stereocenters. The first kappa shape index (κ1) is 14.8. The van der Waals surface area contributed by atoms with Crippen molar-refractivity contribution < 1.29 is 19.1 Å². The van der Waals surface area contributed by atoms with E-state index in [-0.39, 0.29) is 23.4 Å². The number of thioether (sulfide) groups is 2. The van der Waals surface area contributed by atoms with E-state index in [2.05, 4.69) is 19.4 Å². The third kappa shape index (κ3) is 5.37. The van der Waals surface area contributed by atoms with E-state index in [9.17, 15) is 9.59 Å². The van der Waals surface area contributed by atoms with Gasteiger partial charge in [-0.2, -0.15) is 0 Å². The van der Waals surface area contributed by atoms with Crippen LogP contribution in [0.2, 0.25) is 0 Å². The molecule has 0 aliphatic carbocycles. The Balaban J connectivity index is 2.51. The number of aromatic nitrogens is 2. The van der Waals surface area contributed by atoms with Crippen molar-refractivity contribution in [2.75, 3.05) is 25.7 Å². The van der Waals surface area contributed by atoms with Gasteiger partial charge in [0, 0.05) is 6.20 Å². The van der Waals surface area contributed by atoms with Crippen LogP contribution in [0, 0.1) is 0 Å². The molecule has 18 heavy (non-hydrogen) atoms. The minimum absolute atomic E-state index is 0.154. The Morgan fingerprint density at radius 1 is 1.17 bits per heavy atom. The van der Waals surface area contributed by atoms with Crippen LogP contribution in [0.3, 0.4) is 0 Å². The van der Waals surface area contributed by atoms with Gasteiger partial charge in [0.05, 0.1) is 25.7 Å². The fourth-order valence-corrected chi connectivity index (χ4v) is 2.26. The molecule has 0 bridgehead atoms. The number of nitrogens with zero attached hydrogens (tertiary/aromatic N) is 2. The molecule has 0 N–H and O–H groups in total. The maximum absolute atomic E-state index is 11.0. The molecule has 8 heteroatoms. The minimum Gasteiger partial charge on any atom is -0.468 e. The van der Waals surface area contributed by atoms with Gasteiger partial charge in [-0.1, -0.05) is 23.5 Å². The molecule has 0 aromatic carbocycles. The maximum Gasteiger partial charge on any atom is 0.316 e. The summed E-state index contributed by atoms with van der Waals surface area (Å²) in [6.07, 6.45) is 1.58. The van der Waals surface area contributed by atoms with Gasteiger partial charge >= 0.3 is 11.9 Å². The third-order valence-corrected chi connectivity index (χ3v) is 3.46. The molecule has 0 amide bonds. The lowest BCUT2D eigenvalue weighted by molar-refractivity contribution is -0.138. The van der Waals surface area contributed by atoms with Crippen molar-refractivity contribution in [2.45, 2.75) is 10.2 Å². The first-order chi connectivity index (χ1) is 8.65. The third-order valence-electron chi connectivity index (χ3n) is 1.72. The minimum atomic E-state index is -0.337. The Morgan fingerprint density at radius 2 is 1.78 bits per heavy atom. The van der Waals surface area contributed by atoms with Gasteiger partial charge < -0.3 is 9.47 Å². The Bertz CT molecular complexity index is 393. The molecule has 0 saturated carbocycles. The normalized spacial score (nSPS) is 9.89. The van der Waals surface area contributed by atoms with Gasteiger partial charge in [-0.3, -0.25) is 9.59 Å². The predicted molar refractivity (Wildman–Crippen MR) is 67.5 cm³/mol. The quantitative estimate of drug-likeness (QED) is 0.332. The van der Waals surface area contributed by atoms with Crippen LogP contribution < -0.4 is 0 Å². The van der Waals surface area contributed by atoms with E-state index in [4.69, 9.17) is 0 Å². The Labute approximate surface area is 113 Å². The zero-order chi connectivity index (χ0) is 13.4. The Morgan fingerprint density at radius 3 is 2.39 bits per heavy atom. The number of hydrogen-bond acceptors (Lipinski definition) is 8. The molecule has 0 fully saturated rings. The zero-order valence-electron chi connectivity index (χ0n) is 9.91. The van der Waals surface area contributed by atoms with Gasteiger partial charge in [0.15, 0.2) is 5.16 Å². The van der Waals surface area contributed by atoms with Crippen LogP contribution in [0.1, 0.15) is 0 Å². The first-order valence-corrected chi connectivity index (χ1v) is 6.85. The molecule has 0 spiro atoms. The second kappa shape index (κ2) is 7.93. The monoisotopic (exact) mass is 288 g/mol. The average molecular weight is 288 g/mol. The molecule has 1 aromatic rings. The molecule has 6 nitrogen and oxygen atoms in total. The van der Waals surface area contributed by atoms with Crippen LogP contribution >= 0.6 is 23.5 Å². The summed E-state index contributed by atoms with van der Waals surface area (Å²) in [5, 5.41) is 1.12. The van der Waals surface area contributed by atoms with E-state index in [0.29, 0.717) is 10.2 Å². The van der Waals surface area contributed by atoms with Gasteiger partial charge in [-0.25, -0.2) is 9.97 Å². The lowest BCUT2D eigenvalue weighted by Crippen LogP contribution is -2.05. The highest BCUT2D eigenvalue weighted by molar-refractivity contribution is 8.00. The number of methoxy groups -OCH3 is 2. The first-order valence-electron chi connectivity index (χ1n) is 4.88. The standard InChI is InChI=1S/C10H12N2O4S2/c1-15-8(13)5-17-7-3-4-11-10(12-7)18-6-9(14)16-2/h3-4H,5-6H2,1-2H3. The lowest BCUT2D eigenvalue weighted by atomic mass is 10.7. The molecule has 0 aliphatic rings. The molecule has 0 unspecified atom stereocenters. The number of hydrogen-bond donors (Lipinski definition) is 0. The summed E-state index contributed by atoms with van der Waals surface area (Å²) in [5.41, 5.74) is 0. The van der Waals surface area contributed by atoms with Crippen molar-refractivity contribution in [3.63, 3.8) is 0 Å². The molecule has 0 radical (unpaired) electrons. The van der Waals surface area contributed by atoms with Crippen molar-refractivity contribution in [1.82, 2.24) is 9.97 Å². The van der Waals surface area contributed by atoms with Gasteiger partial charge in [-0.15, -0.1) is 0 Å². The van der Waals surface area contributed by atoms with E-state index in [1.54, 1.807) is 12.3 Å². The number of ether oxygens (including phenoxy) is 2. The highest BCUT2D eigenvalue weighted by atomic mass is 32.2. The maximum atomic E-state index is 11.0. The van der Waals surface area contributed by atoms with Crippen LogP contribution in [-0.4, -0.2) is 47.6 Å². The van der Waals surface area contributed by atoms with E-state index in [1.165, 1.54) is 37.7 Å². The topological polar surface area (TPSA) is 78.4 Å². The van der Waals surface area contributed by atoms with Crippen LogP contribution in [0.5, 0.6) is 0 Å². The summed E-state index contributed by atoms with van der Waals surface area (Å²) in [4.78, 5) is 30.1. The molecule has 98 valence electrons. The Kier molecular flexibility index (Phi) is 6.51. The zero-order valence-corrected chi connectivity index (χ0v) is 11.5. The second-order valence-electron chi connectivity index (χ2n) is 2.91. The van der Waals surface area contributed by atoms with Crippen molar-refractivity contribution in [3.8, 4) is 0 Å². The van der Waals surface area contributed by atoms with E-state index >= 15 is 0 Å². The smallest absolute Gasteiger partial charge is 0.316 e. The van der Waals surface area contributed by atoms with E-state index in [0.717, 1.165) is 0 Å². The van der Waals surface area contributed by atoms with Gasteiger partial charge in [0.2, 0.25) is 0 Å². The molecule has 1 aromatic heterocycles. The summed E-state index contributed by atoms with van der Waals surface area (Å²) in [7, 11) is 2.66. The fourth-order valence-electron chi connectivity index (χ4n) is 0.849. The van der Waals surface area contributed by atoms with Crippen molar-refractivity contribution >= 4 is 35.5 Å². The van der Waals surface area contributed by atoms with E-state index in [1.807, 2.05) is 0 Å². The highest BCUT2D eigenvalue weighted by Gasteiger charge is 2.07. The second-order valence-corrected chi connectivity index (χ2v) is 4.85. The van der Waals surface area contributed by atoms with Crippen LogP contribution in [0.25, 0.3) is 0 Å². The molecule has 1 heterocycles. The average Bonchev–Trinajstić information content (AvgIpc) is 2.42. The van der Waals surface area contributed by atoms with Crippen molar-refractivity contribution in [3.05, 3.63) is 12.3 Å². The molecule has 0 aliphatic heterocycles. The largest absolute Gasteiger partial charge is 0.468 e. The highest BCUT2D eigenvalue weighted by Crippen LogP contribution is 2.19. The Hall–Kier alpha value is -1.28. The van der Waals surface area contributed by atoms with Crippen molar-refractivity contribution in [1.29, 1.82) is 0 Å². The van der Waals surface area contributed by atoms with Gasteiger partial charge in [-0.05, 0) is 6.07 Å². The van der Waals surface area contributed by atoms with Gasteiger partial charge in [0.25, 0.3) is 0 Å². The number of rotatable bonds is 6. The summed E-state index contributed by atoms with van der Waals surface area (Å²) < 4.78 is 9.04. The fraction of sp³-hybridized carbons (Fsp3) is 0.400. The van der Waals surface area contributed by atoms with Crippen molar-refractivity contribution in [2.24, 2.45) is 0 Å². The lowest BCUT2D eigenvalue weighted by Gasteiger charge is -2.02. The molecule has 0 saturated heterocycles. The predicted octanol–water partition coefficient (Wildman–Crippen LogP) is 1.01. The van der Waals surface area contributed by atoms with Crippen LogP contribution in [0.4, 0.5) is 0 Å². The van der Waals surface area contributed by atoms with Crippen LogP contribution in [0.15, 0.2) is 22.4 Å². The summed E-state index contributed by atoms with van der Waals surface area (Å²) in [6.45, 7) is 0. The summed E-state index contributed by atoms with van der Waals surface area (Å²) in [6, 6.07) is 1.69.